The number of hydrogen-bond acceptors (Lipinski definition) is 2. The van der Waals surface area contributed by atoms with Crippen molar-refractivity contribution in [2.45, 2.75) is 24.1 Å². The second kappa shape index (κ2) is 4.45. The van der Waals surface area contributed by atoms with Gasteiger partial charge in [0.2, 0.25) is 0 Å². The van der Waals surface area contributed by atoms with Gasteiger partial charge in [-0.15, -0.1) is 0 Å². The van der Waals surface area contributed by atoms with E-state index in [1.807, 2.05) is 0 Å². The highest BCUT2D eigenvalue weighted by molar-refractivity contribution is 6.95. The second-order valence-corrected chi connectivity index (χ2v) is 7.98. The topological polar surface area (TPSA) is 18.5 Å². The molecule has 0 spiro atoms. The highest BCUT2D eigenvalue weighted by atomic mass is 28.3. The molecule has 0 aromatic rings. The Hall–Kier alpha value is 0.419. The van der Waals surface area contributed by atoms with Crippen molar-refractivity contribution in [3.8, 4) is 0 Å². The summed E-state index contributed by atoms with van der Waals surface area (Å²) in [6, 6.07) is 0. The van der Waals surface area contributed by atoms with Crippen molar-refractivity contribution in [3.63, 3.8) is 0 Å². The molecule has 1 fully saturated rings. The van der Waals surface area contributed by atoms with E-state index in [2.05, 4.69) is 0 Å². The quantitative estimate of drug-likeness (QED) is 0.517. The summed E-state index contributed by atoms with van der Waals surface area (Å²) in [4.78, 5) is 0.104. The lowest BCUT2D eigenvalue weighted by molar-refractivity contribution is 0.0267. The minimum absolute atomic E-state index is 0.104. The van der Waals surface area contributed by atoms with E-state index in [1.54, 1.807) is 7.11 Å². The van der Waals surface area contributed by atoms with Gasteiger partial charge in [-0.25, -0.2) is 0 Å². The number of hydrogen-bond donors (Lipinski definition) is 0. The molecule has 0 N–H and O–H groups in total. The fourth-order valence-electron chi connectivity index (χ4n) is 1.51. The molecule has 2 nitrogen and oxygen atoms in total. The monoisotopic (exact) mass is 186 g/mol. The van der Waals surface area contributed by atoms with E-state index < -0.39 is 19.2 Å². The Balaban J connectivity index is 2.42. The molecule has 11 heavy (non-hydrogen) atoms. The van der Waals surface area contributed by atoms with Crippen molar-refractivity contribution in [2.75, 3.05) is 13.7 Å². The molecule has 1 aliphatic rings. The summed E-state index contributed by atoms with van der Waals surface area (Å²) in [5.41, 5.74) is 0. The summed E-state index contributed by atoms with van der Waals surface area (Å²) in [6.45, 7) is 0.903. The van der Waals surface area contributed by atoms with Crippen LogP contribution in [0.5, 0.6) is 0 Å². The zero-order valence-corrected chi connectivity index (χ0v) is 9.96. The molecule has 2 radical (unpaired) electrons. The van der Waals surface area contributed by atoms with Crippen LogP contribution in [-0.2, 0) is 9.16 Å². The number of ether oxygens (including phenoxy) is 1. The van der Waals surface area contributed by atoms with Crippen molar-refractivity contribution < 1.29 is 9.16 Å². The maximum absolute atomic E-state index is 5.79. The third kappa shape index (κ3) is 2.43. The molecule has 1 rings (SSSR count). The first kappa shape index (κ1) is 9.51. The van der Waals surface area contributed by atoms with E-state index in [9.17, 15) is 0 Å². The molecule has 1 saturated heterocycles. The van der Waals surface area contributed by atoms with Gasteiger partial charge in [0.05, 0.1) is 12.3 Å². The van der Waals surface area contributed by atoms with E-state index >= 15 is 0 Å². The molecule has 5 heteroatoms. The van der Waals surface area contributed by atoms with E-state index in [-0.39, 0.29) is 4.85 Å². The summed E-state index contributed by atoms with van der Waals surface area (Å²) >= 11 is 0. The highest BCUT2D eigenvalue weighted by Crippen LogP contribution is 2.21. The zero-order chi connectivity index (χ0) is 8.16. The van der Waals surface area contributed by atoms with Crippen molar-refractivity contribution in [2.24, 2.45) is 0 Å². The van der Waals surface area contributed by atoms with Gasteiger partial charge in [-0.1, -0.05) is 0 Å². The molecule has 62 valence electrons. The van der Waals surface area contributed by atoms with Gasteiger partial charge in [-0.2, -0.15) is 0 Å². The van der Waals surface area contributed by atoms with Crippen LogP contribution in [0.2, 0.25) is 0 Å². The lowest BCUT2D eigenvalue weighted by Crippen LogP contribution is -2.48. The smallest absolute Gasteiger partial charge is 0.187 e. The fraction of sp³-hybridized carbons (Fsp3) is 1.00. The largest absolute Gasteiger partial charge is 0.425 e. The molecule has 0 aromatic heterocycles. The van der Waals surface area contributed by atoms with Gasteiger partial charge in [0.25, 0.3) is 0 Å². The first-order valence-electron chi connectivity index (χ1n) is 4.16. The minimum Gasteiger partial charge on any atom is -0.425 e. The average molecular weight is 186 g/mol. The van der Waals surface area contributed by atoms with Crippen molar-refractivity contribution >= 4 is 26.6 Å². The summed E-state index contributed by atoms with van der Waals surface area (Å²) in [7, 11) is 6.52. The predicted molar refractivity (Wildman–Crippen MR) is 52.4 cm³/mol. The van der Waals surface area contributed by atoms with Gasteiger partial charge < -0.3 is 9.16 Å². The van der Waals surface area contributed by atoms with Crippen molar-refractivity contribution in [1.82, 2.24) is 0 Å². The maximum Gasteiger partial charge on any atom is 0.187 e. The first-order chi connectivity index (χ1) is 5.33. The van der Waals surface area contributed by atoms with E-state index in [0.29, 0.717) is 0 Å². The third-order valence-corrected chi connectivity index (χ3v) is 6.37. The standard InChI is InChI=1S/C6H15BO2Si2/c1-8-11-6(10-7)4-2-3-5-9-6/h2-5,10-11H2,1H3. The molecule has 1 heterocycles. The van der Waals surface area contributed by atoms with Gasteiger partial charge >= 0.3 is 0 Å². The molecule has 1 unspecified atom stereocenters. The summed E-state index contributed by atoms with van der Waals surface area (Å²) in [5, 5.41) is 0. The maximum atomic E-state index is 5.79. The normalized spacial score (nSPS) is 34.3. The Labute approximate surface area is 74.1 Å². The van der Waals surface area contributed by atoms with E-state index in [0.717, 1.165) is 13.0 Å². The van der Waals surface area contributed by atoms with Crippen LogP contribution in [0.1, 0.15) is 19.3 Å². The fourth-order valence-corrected chi connectivity index (χ4v) is 4.46. The molecular formula is C6H15BO2Si2. The van der Waals surface area contributed by atoms with Crippen LogP contribution in [0.3, 0.4) is 0 Å². The second-order valence-electron chi connectivity index (χ2n) is 3.13. The predicted octanol–water partition coefficient (Wildman–Crippen LogP) is -1.18. The Morgan fingerprint density at radius 1 is 1.55 bits per heavy atom. The Morgan fingerprint density at radius 3 is 2.82 bits per heavy atom. The van der Waals surface area contributed by atoms with Gasteiger partial charge in [0.15, 0.2) is 9.76 Å². The van der Waals surface area contributed by atoms with Crippen LogP contribution in [0, 0.1) is 0 Å². The van der Waals surface area contributed by atoms with Gasteiger partial charge in [0.1, 0.15) is 0 Å². The third-order valence-electron chi connectivity index (χ3n) is 2.21. The summed E-state index contributed by atoms with van der Waals surface area (Å²) in [5.74, 6) is 0. The summed E-state index contributed by atoms with van der Waals surface area (Å²) in [6.07, 6.45) is 3.64. The molecule has 0 saturated carbocycles. The van der Waals surface area contributed by atoms with Crippen LogP contribution < -0.4 is 0 Å². The molecule has 1 atom stereocenters. The van der Waals surface area contributed by atoms with Crippen LogP contribution in [0.15, 0.2) is 0 Å². The average Bonchev–Trinajstić information content (AvgIpc) is 2.07. The molecule has 0 aromatic carbocycles. The highest BCUT2D eigenvalue weighted by Gasteiger charge is 2.31. The van der Waals surface area contributed by atoms with Crippen LogP contribution in [0.4, 0.5) is 0 Å². The number of rotatable bonds is 3. The molecule has 0 amide bonds. The lowest BCUT2D eigenvalue weighted by Gasteiger charge is -2.35. The van der Waals surface area contributed by atoms with Gasteiger partial charge in [-0.05, 0) is 19.3 Å². The first-order valence-corrected chi connectivity index (χ1v) is 6.97. The van der Waals surface area contributed by atoms with Crippen LogP contribution >= 0.6 is 0 Å². The van der Waals surface area contributed by atoms with Gasteiger partial charge in [0, 0.05) is 23.1 Å². The Kier molecular flexibility index (Phi) is 3.84. The van der Waals surface area contributed by atoms with Crippen LogP contribution in [-0.4, -0.2) is 45.2 Å². The van der Waals surface area contributed by atoms with Gasteiger partial charge in [-0.3, -0.25) is 0 Å². The Bertz CT molecular complexity index is 112. The Morgan fingerprint density at radius 2 is 2.36 bits per heavy atom. The minimum atomic E-state index is -0.535. The van der Waals surface area contributed by atoms with Crippen LogP contribution in [0.25, 0.3) is 0 Å². The molecule has 0 aliphatic carbocycles. The molecule has 1 aliphatic heterocycles. The molecular weight excluding hydrogens is 171 g/mol. The van der Waals surface area contributed by atoms with E-state index in [1.165, 1.54) is 12.8 Å². The SMILES string of the molecule is [B][SiH2]C1([SiH2]OC)CCCCO1. The van der Waals surface area contributed by atoms with Crippen molar-refractivity contribution in [3.05, 3.63) is 0 Å². The van der Waals surface area contributed by atoms with Crippen molar-refractivity contribution in [1.29, 1.82) is 0 Å². The molecule has 0 bridgehead atoms. The lowest BCUT2D eigenvalue weighted by atomic mass is 10.2. The summed E-state index contributed by atoms with van der Waals surface area (Å²) < 4.78 is 11.0. The van der Waals surface area contributed by atoms with E-state index in [4.69, 9.17) is 16.6 Å². The zero-order valence-electron chi connectivity index (χ0n) is 7.14.